The molecule has 0 aliphatic carbocycles. The van der Waals surface area contributed by atoms with Crippen molar-refractivity contribution in [2.45, 2.75) is 26.2 Å². The molecule has 5 nitrogen and oxygen atoms in total. The number of ether oxygens (including phenoxy) is 2. The minimum atomic E-state index is 0.697. The lowest BCUT2D eigenvalue weighted by Crippen LogP contribution is -2.07. The Balaban J connectivity index is 1.89. The largest absolute Gasteiger partial charge is 0.493 e. The van der Waals surface area contributed by atoms with E-state index < -0.39 is 0 Å². The van der Waals surface area contributed by atoms with Gasteiger partial charge in [-0.15, -0.1) is 0 Å². The molecular formula is C22H24ClN3O2. The first-order valence-electron chi connectivity index (χ1n) is 9.47. The van der Waals surface area contributed by atoms with E-state index in [0.717, 1.165) is 59.2 Å². The lowest BCUT2D eigenvalue weighted by atomic mass is 10.0. The average Bonchev–Trinajstić information content (AvgIpc) is 2.90. The number of halogens is 1. The third kappa shape index (κ3) is 3.31. The van der Waals surface area contributed by atoms with Crippen molar-refractivity contribution < 1.29 is 9.47 Å². The Bertz CT molecular complexity index is 1010. The zero-order valence-electron chi connectivity index (χ0n) is 16.4. The van der Waals surface area contributed by atoms with E-state index in [4.69, 9.17) is 26.2 Å². The predicted molar refractivity (Wildman–Crippen MR) is 113 cm³/mol. The smallest absolute Gasteiger partial charge is 0.161 e. The predicted octanol–water partition coefficient (Wildman–Crippen LogP) is 5.27. The van der Waals surface area contributed by atoms with Crippen LogP contribution < -0.4 is 14.8 Å². The minimum Gasteiger partial charge on any atom is -0.493 e. The molecule has 6 heteroatoms. The monoisotopic (exact) mass is 397 g/mol. The topological polar surface area (TPSA) is 48.3 Å². The van der Waals surface area contributed by atoms with Crippen LogP contribution >= 0.6 is 11.6 Å². The molecule has 0 atom stereocenters. The van der Waals surface area contributed by atoms with Crippen molar-refractivity contribution in [3.8, 4) is 28.4 Å². The summed E-state index contributed by atoms with van der Waals surface area (Å²) in [5, 5.41) is 9.28. The van der Waals surface area contributed by atoms with Gasteiger partial charge in [0.05, 0.1) is 25.6 Å². The highest BCUT2D eigenvalue weighted by atomic mass is 35.5. The van der Waals surface area contributed by atoms with Gasteiger partial charge in [0, 0.05) is 22.7 Å². The lowest BCUT2D eigenvalue weighted by Gasteiger charge is -2.10. The van der Waals surface area contributed by atoms with Gasteiger partial charge in [0.1, 0.15) is 5.82 Å². The quantitative estimate of drug-likeness (QED) is 0.651. The van der Waals surface area contributed by atoms with Gasteiger partial charge in [0.2, 0.25) is 0 Å². The number of benzene rings is 2. The first-order valence-corrected chi connectivity index (χ1v) is 9.85. The van der Waals surface area contributed by atoms with Crippen molar-refractivity contribution in [2.75, 3.05) is 26.1 Å². The summed E-state index contributed by atoms with van der Waals surface area (Å²) in [5.41, 5.74) is 5.20. The summed E-state index contributed by atoms with van der Waals surface area (Å²) in [6.45, 7) is 2.94. The molecule has 2 heterocycles. The Morgan fingerprint density at radius 3 is 2.61 bits per heavy atom. The normalized spacial score (nSPS) is 13.4. The van der Waals surface area contributed by atoms with E-state index in [2.05, 4.69) is 11.4 Å². The minimum absolute atomic E-state index is 0.697. The molecule has 0 saturated carbocycles. The van der Waals surface area contributed by atoms with E-state index in [-0.39, 0.29) is 0 Å². The van der Waals surface area contributed by atoms with E-state index in [1.54, 1.807) is 14.2 Å². The number of fused-ring (bicyclic) bond motifs is 1. The Kier molecular flexibility index (Phi) is 5.18. The van der Waals surface area contributed by atoms with Crippen LogP contribution in [0.1, 0.15) is 24.0 Å². The second-order valence-electron chi connectivity index (χ2n) is 6.97. The maximum Gasteiger partial charge on any atom is 0.161 e. The first-order chi connectivity index (χ1) is 13.6. The van der Waals surface area contributed by atoms with E-state index in [1.165, 1.54) is 5.56 Å². The van der Waals surface area contributed by atoms with Gasteiger partial charge in [0.25, 0.3) is 0 Å². The number of anilines is 1. The highest BCUT2D eigenvalue weighted by Crippen LogP contribution is 2.38. The zero-order valence-corrected chi connectivity index (χ0v) is 17.1. The van der Waals surface area contributed by atoms with E-state index >= 15 is 0 Å². The Labute approximate surface area is 170 Å². The van der Waals surface area contributed by atoms with Crippen LogP contribution in [0.3, 0.4) is 0 Å². The summed E-state index contributed by atoms with van der Waals surface area (Å²) in [7, 11) is 3.29. The maximum atomic E-state index is 6.38. The summed E-state index contributed by atoms with van der Waals surface area (Å²) >= 11 is 6.38. The second-order valence-corrected chi connectivity index (χ2v) is 7.38. The highest BCUT2D eigenvalue weighted by Gasteiger charge is 2.22. The van der Waals surface area contributed by atoms with Gasteiger partial charge < -0.3 is 14.8 Å². The summed E-state index contributed by atoms with van der Waals surface area (Å²) < 4.78 is 12.8. The standard InChI is InChI=1S/C22H24ClN3O2/c1-14-7-9-16(13-18(14)23)26-22-17(6-4-5-11-24-22)21(25-26)15-8-10-19(27-2)20(12-15)28-3/h7-10,12-13,24H,4-6,11H2,1-3H3. The molecular weight excluding hydrogens is 374 g/mol. The molecule has 0 bridgehead atoms. The van der Waals surface area contributed by atoms with Crippen LogP contribution in [-0.4, -0.2) is 30.5 Å². The van der Waals surface area contributed by atoms with Crippen LogP contribution in [-0.2, 0) is 6.42 Å². The summed E-state index contributed by atoms with van der Waals surface area (Å²) in [6.07, 6.45) is 3.24. The van der Waals surface area contributed by atoms with Crippen molar-refractivity contribution in [3.63, 3.8) is 0 Å². The average molecular weight is 398 g/mol. The number of aryl methyl sites for hydroxylation is 1. The molecule has 2 aromatic carbocycles. The van der Waals surface area contributed by atoms with Gasteiger partial charge in [-0.05, 0) is 62.1 Å². The SMILES string of the molecule is COc1ccc(-c2nn(-c3ccc(C)c(Cl)c3)c3c2CCCCN3)cc1OC. The molecule has 3 aromatic rings. The van der Waals surface area contributed by atoms with Crippen molar-refractivity contribution in [2.24, 2.45) is 0 Å². The van der Waals surface area contributed by atoms with Crippen molar-refractivity contribution in [1.82, 2.24) is 9.78 Å². The van der Waals surface area contributed by atoms with E-state index in [9.17, 15) is 0 Å². The first kappa shape index (κ1) is 18.7. The van der Waals surface area contributed by atoms with Crippen LogP contribution in [0, 0.1) is 6.92 Å². The van der Waals surface area contributed by atoms with Crippen LogP contribution in [0.25, 0.3) is 16.9 Å². The fraction of sp³-hybridized carbons (Fsp3) is 0.318. The van der Waals surface area contributed by atoms with Gasteiger partial charge >= 0.3 is 0 Å². The Morgan fingerprint density at radius 2 is 1.86 bits per heavy atom. The fourth-order valence-electron chi connectivity index (χ4n) is 3.62. The van der Waals surface area contributed by atoms with Crippen LogP contribution in [0.2, 0.25) is 5.02 Å². The van der Waals surface area contributed by atoms with Gasteiger partial charge in [-0.3, -0.25) is 0 Å². The summed E-state index contributed by atoms with van der Waals surface area (Å²) in [4.78, 5) is 0. The van der Waals surface area contributed by atoms with Crippen LogP contribution in [0.5, 0.6) is 11.5 Å². The number of aromatic nitrogens is 2. The molecule has 146 valence electrons. The third-order valence-corrected chi connectivity index (χ3v) is 5.59. The Morgan fingerprint density at radius 1 is 1.04 bits per heavy atom. The second kappa shape index (κ2) is 7.76. The molecule has 28 heavy (non-hydrogen) atoms. The summed E-state index contributed by atoms with van der Waals surface area (Å²) in [5.74, 6) is 2.45. The van der Waals surface area contributed by atoms with E-state index in [1.807, 2.05) is 41.9 Å². The molecule has 0 unspecified atom stereocenters. The summed E-state index contributed by atoms with van der Waals surface area (Å²) in [6, 6.07) is 12.0. The number of rotatable bonds is 4. The van der Waals surface area contributed by atoms with Crippen molar-refractivity contribution in [1.29, 1.82) is 0 Å². The maximum absolute atomic E-state index is 6.38. The molecule has 0 fully saturated rings. The van der Waals surface area contributed by atoms with Gasteiger partial charge in [0.15, 0.2) is 11.5 Å². The van der Waals surface area contributed by atoms with Crippen molar-refractivity contribution >= 4 is 17.4 Å². The van der Waals surface area contributed by atoms with Crippen molar-refractivity contribution in [3.05, 3.63) is 52.5 Å². The van der Waals surface area contributed by atoms with Crippen LogP contribution in [0.4, 0.5) is 5.82 Å². The molecule has 0 amide bonds. The number of nitrogens with one attached hydrogen (secondary N) is 1. The van der Waals surface area contributed by atoms with Crippen LogP contribution in [0.15, 0.2) is 36.4 Å². The fourth-order valence-corrected chi connectivity index (χ4v) is 3.79. The van der Waals surface area contributed by atoms with Gasteiger partial charge in [-0.25, -0.2) is 4.68 Å². The lowest BCUT2D eigenvalue weighted by molar-refractivity contribution is 0.355. The number of hydrogen-bond acceptors (Lipinski definition) is 4. The van der Waals surface area contributed by atoms with E-state index in [0.29, 0.717) is 11.5 Å². The molecule has 1 aliphatic rings. The molecule has 0 radical (unpaired) electrons. The van der Waals surface area contributed by atoms with Gasteiger partial charge in [-0.2, -0.15) is 5.10 Å². The zero-order chi connectivity index (χ0) is 19.7. The molecule has 1 aliphatic heterocycles. The number of hydrogen-bond donors (Lipinski definition) is 1. The number of nitrogens with zero attached hydrogens (tertiary/aromatic N) is 2. The molecule has 0 saturated heterocycles. The molecule has 4 rings (SSSR count). The highest BCUT2D eigenvalue weighted by molar-refractivity contribution is 6.31. The number of methoxy groups -OCH3 is 2. The van der Waals surface area contributed by atoms with Gasteiger partial charge in [-0.1, -0.05) is 17.7 Å². The molecule has 1 aromatic heterocycles. The third-order valence-electron chi connectivity index (χ3n) is 5.19. The Hall–Kier alpha value is -2.66. The molecule has 1 N–H and O–H groups in total. The molecule has 0 spiro atoms.